The lowest BCUT2D eigenvalue weighted by atomic mass is 9.89. The summed E-state index contributed by atoms with van der Waals surface area (Å²) in [6, 6.07) is 9.36. The molecule has 1 rings (SSSR count). The molecule has 0 aliphatic heterocycles. The van der Waals surface area contributed by atoms with Gasteiger partial charge in [0, 0.05) is 6.42 Å². The van der Waals surface area contributed by atoms with E-state index in [9.17, 15) is 9.59 Å². The molecule has 0 fully saturated rings. The third kappa shape index (κ3) is 5.31. The molecular formula is C17H21NO3. The van der Waals surface area contributed by atoms with Gasteiger partial charge in [0.25, 0.3) is 0 Å². The Morgan fingerprint density at radius 1 is 1.19 bits per heavy atom. The summed E-state index contributed by atoms with van der Waals surface area (Å²) in [4.78, 5) is 24.0. The Hall–Kier alpha value is -2.28. The van der Waals surface area contributed by atoms with Crippen LogP contribution in [0.4, 0.5) is 4.79 Å². The van der Waals surface area contributed by atoms with Crippen molar-refractivity contribution < 1.29 is 14.3 Å². The minimum Gasteiger partial charge on any atom is -0.444 e. The van der Waals surface area contributed by atoms with Gasteiger partial charge >= 0.3 is 6.09 Å². The smallest absolute Gasteiger partial charge is 0.408 e. The van der Waals surface area contributed by atoms with Crippen LogP contribution < -0.4 is 5.32 Å². The van der Waals surface area contributed by atoms with Crippen LogP contribution in [0.25, 0.3) is 0 Å². The number of rotatable bonds is 4. The SMILES string of the molecule is C#CC(=O)C(C)(Cc1ccccc1)NC(=O)OC(C)(C)C. The highest BCUT2D eigenvalue weighted by Crippen LogP contribution is 2.16. The molecule has 4 nitrogen and oxygen atoms in total. The number of ether oxygens (including phenoxy) is 1. The van der Waals surface area contributed by atoms with E-state index in [0.29, 0.717) is 6.42 Å². The average Bonchev–Trinajstić information content (AvgIpc) is 2.36. The fourth-order valence-electron chi connectivity index (χ4n) is 1.87. The van der Waals surface area contributed by atoms with Crippen molar-refractivity contribution in [2.75, 3.05) is 0 Å². The predicted molar refractivity (Wildman–Crippen MR) is 81.8 cm³/mol. The summed E-state index contributed by atoms with van der Waals surface area (Å²) in [7, 11) is 0. The maximum Gasteiger partial charge on any atom is 0.408 e. The van der Waals surface area contributed by atoms with E-state index in [-0.39, 0.29) is 0 Å². The number of benzene rings is 1. The van der Waals surface area contributed by atoms with Crippen molar-refractivity contribution in [1.29, 1.82) is 0 Å². The Balaban J connectivity index is 2.92. The Morgan fingerprint density at radius 2 is 1.76 bits per heavy atom. The third-order valence-corrected chi connectivity index (χ3v) is 2.81. The van der Waals surface area contributed by atoms with Crippen molar-refractivity contribution in [2.45, 2.75) is 45.3 Å². The van der Waals surface area contributed by atoms with E-state index in [1.165, 1.54) is 0 Å². The van der Waals surface area contributed by atoms with E-state index in [4.69, 9.17) is 11.2 Å². The van der Waals surface area contributed by atoms with Gasteiger partial charge in [-0.1, -0.05) is 30.3 Å². The number of carbonyl (C=O) groups is 2. The molecule has 0 saturated carbocycles. The minimum atomic E-state index is -1.20. The van der Waals surface area contributed by atoms with Crippen molar-refractivity contribution >= 4 is 11.9 Å². The lowest BCUT2D eigenvalue weighted by Gasteiger charge is -2.29. The third-order valence-electron chi connectivity index (χ3n) is 2.81. The van der Waals surface area contributed by atoms with Gasteiger partial charge in [-0.25, -0.2) is 4.79 Å². The van der Waals surface area contributed by atoms with Gasteiger partial charge in [-0.3, -0.25) is 4.79 Å². The summed E-state index contributed by atoms with van der Waals surface area (Å²) in [5.41, 5.74) is -0.935. The van der Waals surface area contributed by atoms with Gasteiger partial charge in [0.15, 0.2) is 0 Å². The molecular weight excluding hydrogens is 266 g/mol. The van der Waals surface area contributed by atoms with Gasteiger partial charge in [-0.05, 0) is 39.2 Å². The van der Waals surface area contributed by atoms with E-state index in [1.54, 1.807) is 27.7 Å². The number of alkyl carbamates (subject to hydrolysis) is 1. The second kappa shape index (κ2) is 6.45. The van der Waals surface area contributed by atoms with Crippen molar-refractivity contribution in [3.05, 3.63) is 35.9 Å². The molecule has 1 aromatic rings. The molecule has 1 N–H and O–H groups in total. The second-order valence-corrected chi connectivity index (χ2v) is 6.09. The fraction of sp³-hybridized carbons (Fsp3) is 0.412. The summed E-state index contributed by atoms with van der Waals surface area (Å²) < 4.78 is 5.19. The number of carbonyl (C=O) groups excluding carboxylic acids is 2. The molecule has 0 aliphatic carbocycles. The quantitative estimate of drug-likeness (QED) is 0.684. The number of hydrogen-bond donors (Lipinski definition) is 1. The summed E-state index contributed by atoms with van der Waals surface area (Å²) in [6.45, 7) is 6.87. The van der Waals surface area contributed by atoms with E-state index in [1.807, 2.05) is 30.3 Å². The monoisotopic (exact) mass is 287 g/mol. The van der Waals surface area contributed by atoms with Crippen molar-refractivity contribution in [2.24, 2.45) is 0 Å². The topological polar surface area (TPSA) is 55.4 Å². The molecule has 0 saturated heterocycles. The Kier molecular flexibility index (Phi) is 5.15. The van der Waals surface area contributed by atoms with Crippen LogP contribution in [0.15, 0.2) is 30.3 Å². The van der Waals surface area contributed by atoms with Crippen LogP contribution in [0, 0.1) is 12.3 Å². The van der Waals surface area contributed by atoms with Crippen LogP contribution in [0.3, 0.4) is 0 Å². The number of hydrogen-bond acceptors (Lipinski definition) is 3. The number of ketones is 1. The van der Waals surface area contributed by atoms with Gasteiger partial charge in [-0.15, -0.1) is 6.42 Å². The minimum absolute atomic E-state index is 0.302. The molecule has 0 radical (unpaired) electrons. The number of nitrogens with one attached hydrogen (secondary N) is 1. The number of Topliss-reactive ketones (excluding diaryl/α,β-unsaturated/α-hetero) is 1. The molecule has 1 aromatic carbocycles. The Labute approximate surface area is 125 Å². The Morgan fingerprint density at radius 3 is 2.24 bits per heavy atom. The molecule has 0 aliphatic rings. The first-order valence-corrected chi connectivity index (χ1v) is 6.72. The molecule has 0 heterocycles. The van der Waals surface area contributed by atoms with Gasteiger partial charge in [-0.2, -0.15) is 0 Å². The zero-order valence-electron chi connectivity index (χ0n) is 12.9. The summed E-state index contributed by atoms with van der Waals surface area (Å²) in [6.07, 6.45) is 4.86. The zero-order chi connectivity index (χ0) is 16.1. The molecule has 0 aromatic heterocycles. The van der Waals surface area contributed by atoms with E-state index >= 15 is 0 Å². The molecule has 21 heavy (non-hydrogen) atoms. The maximum atomic E-state index is 12.0. The molecule has 4 heteroatoms. The van der Waals surface area contributed by atoms with Crippen LogP contribution in [0.1, 0.15) is 33.3 Å². The van der Waals surface area contributed by atoms with Crippen LogP contribution in [0.2, 0.25) is 0 Å². The normalized spacial score (nSPS) is 13.7. The lowest BCUT2D eigenvalue weighted by Crippen LogP contribution is -2.54. The van der Waals surface area contributed by atoms with E-state index in [0.717, 1.165) is 5.56 Å². The molecule has 112 valence electrons. The molecule has 1 atom stereocenters. The first-order chi connectivity index (χ1) is 9.66. The number of amides is 1. The zero-order valence-corrected chi connectivity index (χ0v) is 12.9. The molecule has 0 bridgehead atoms. The second-order valence-electron chi connectivity index (χ2n) is 6.09. The lowest BCUT2D eigenvalue weighted by molar-refractivity contribution is -0.119. The summed E-state index contributed by atoms with van der Waals surface area (Å²) >= 11 is 0. The number of terminal acetylenes is 1. The maximum absolute atomic E-state index is 12.0. The van der Waals surface area contributed by atoms with Crippen molar-refractivity contribution in [3.8, 4) is 12.3 Å². The van der Waals surface area contributed by atoms with Gasteiger partial charge in [0.1, 0.15) is 11.1 Å². The van der Waals surface area contributed by atoms with Crippen LogP contribution >= 0.6 is 0 Å². The fourth-order valence-corrected chi connectivity index (χ4v) is 1.87. The van der Waals surface area contributed by atoms with E-state index in [2.05, 4.69) is 11.2 Å². The molecule has 0 spiro atoms. The van der Waals surface area contributed by atoms with Gasteiger partial charge in [0.2, 0.25) is 5.78 Å². The summed E-state index contributed by atoms with van der Waals surface area (Å²) in [5, 5.41) is 2.60. The van der Waals surface area contributed by atoms with Gasteiger partial charge in [0.05, 0.1) is 0 Å². The largest absolute Gasteiger partial charge is 0.444 e. The van der Waals surface area contributed by atoms with E-state index < -0.39 is 23.0 Å². The van der Waals surface area contributed by atoms with Crippen molar-refractivity contribution in [3.63, 3.8) is 0 Å². The first kappa shape index (κ1) is 16.8. The predicted octanol–water partition coefficient (Wildman–Crippen LogP) is 2.71. The van der Waals surface area contributed by atoms with Crippen LogP contribution in [-0.4, -0.2) is 23.0 Å². The Bertz CT molecular complexity index is 552. The van der Waals surface area contributed by atoms with Crippen molar-refractivity contribution in [1.82, 2.24) is 5.32 Å². The van der Waals surface area contributed by atoms with Gasteiger partial charge < -0.3 is 10.1 Å². The molecule has 1 unspecified atom stereocenters. The molecule has 1 amide bonds. The highest BCUT2D eigenvalue weighted by atomic mass is 16.6. The standard InChI is InChI=1S/C17H21NO3/c1-6-14(19)17(5,12-13-10-8-7-9-11-13)18-15(20)21-16(2,3)4/h1,7-11H,12H2,2-5H3,(H,18,20). The van der Waals surface area contributed by atoms with Crippen LogP contribution in [0.5, 0.6) is 0 Å². The highest BCUT2D eigenvalue weighted by Gasteiger charge is 2.35. The van der Waals surface area contributed by atoms with Crippen LogP contribution in [-0.2, 0) is 16.0 Å². The highest BCUT2D eigenvalue weighted by molar-refractivity contribution is 6.03. The first-order valence-electron chi connectivity index (χ1n) is 6.72. The summed E-state index contributed by atoms with van der Waals surface area (Å²) in [5.74, 6) is 1.60. The average molecular weight is 287 g/mol.